The Morgan fingerprint density at radius 1 is 1.32 bits per heavy atom. The molecule has 0 radical (unpaired) electrons. The van der Waals surface area contributed by atoms with Crippen LogP contribution >= 0.6 is 15.9 Å². The molecule has 1 N–H and O–H groups in total. The molecule has 0 saturated carbocycles. The van der Waals surface area contributed by atoms with Crippen molar-refractivity contribution in [1.29, 1.82) is 0 Å². The van der Waals surface area contributed by atoms with E-state index in [-0.39, 0.29) is 17.9 Å². The number of methoxy groups -OCH3 is 1. The molecular formula is C20H22BrNO3. The summed E-state index contributed by atoms with van der Waals surface area (Å²) in [5, 5.41) is 3.11. The summed E-state index contributed by atoms with van der Waals surface area (Å²) in [5.74, 6) is 1.49. The van der Waals surface area contributed by atoms with Crippen molar-refractivity contribution in [2.75, 3.05) is 13.7 Å². The van der Waals surface area contributed by atoms with Crippen LogP contribution in [0.15, 0.2) is 46.9 Å². The number of hydrogen-bond donors (Lipinski definition) is 1. The fraction of sp³-hybridized carbons (Fsp3) is 0.350. The molecule has 2 aromatic rings. The van der Waals surface area contributed by atoms with Gasteiger partial charge in [-0.3, -0.25) is 4.79 Å². The predicted octanol–water partition coefficient (Wildman–Crippen LogP) is 3.76. The molecule has 0 fully saturated rings. The second kappa shape index (κ2) is 7.91. The van der Waals surface area contributed by atoms with Crippen molar-refractivity contribution in [3.8, 4) is 11.5 Å². The highest BCUT2D eigenvalue weighted by Gasteiger charge is 2.27. The molecule has 1 heterocycles. The number of benzene rings is 2. The number of nitrogens with one attached hydrogen (secondary N) is 1. The molecule has 0 aromatic heterocycles. The highest BCUT2D eigenvalue weighted by Crippen LogP contribution is 2.30. The van der Waals surface area contributed by atoms with Crippen LogP contribution in [-0.2, 0) is 17.6 Å². The first kappa shape index (κ1) is 17.8. The molecule has 2 atom stereocenters. The summed E-state index contributed by atoms with van der Waals surface area (Å²) in [6, 6.07) is 14.0. The summed E-state index contributed by atoms with van der Waals surface area (Å²) < 4.78 is 12.1. The van der Waals surface area contributed by atoms with Crippen LogP contribution in [0.5, 0.6) is 11.5 Å². The minimum absolute atomic E-state index is 0.0399. The summed E-state index contributed by atoms with van der Waals surface area (Å²) in [6.45, 7) is 2.44. The van der Waals surface area contributed by atoms with E-state index in [9.17, 15) is 4.79 Å². The van der Waals surface area contributed by atoms with Crippen LogP contribution in [0.1, 0.15) is 18.1 Å². The molecule has 0 aliphatic carbocycles. The van der Waals surface area contributed by atoms with Gasteiger partial charge in [-0.1, -0.05) is 28.1 Å². The topological polar surface area (TPSA) is 47.6 Å². The summed E-state index contributed by atoms with van der Waals surface area (Å²) in [4.78, 5) is 12.6. The molecule has 2 aromatic carbocycles. The number of carbonyl (C=O) groups is 1. The lowest BCUT2D eigenvalue weighted by Gasteiger charge is -2.26. The molecule has 2 unspecified atom stereocenters. The maximum absolute atomic E-state index is 12.6. The van der Waals surface area contributed by atoms with Gasteiger partial charge in [-0.05, 0) is 61.2 Å². The Labute approximate surface area is 156 Å². The Morgan fingerprint density at radius 2 is 2.08 bits per heavy atom. The fourth-order valence-corrected chi connectivity index (χ4v) is 3.32. The Balaban J connectivity index is 1.58. The minimum Gasteiger partial charge on any atom is -0.497 e. The minimum atomic E-state index is -0.174. The Bertz CT molecular complexity index is 745. The van der Waals surface area contributed by atoms with Crippen molar-refractivity contribution in [1.82, 2.24) is 5.32 Å². The third-order valence-electron chi connectivity index (χ3n) is 4.39. The molecule has 132 valence electrons. The van der Waals surface area contributed by atoms with Crippen LogP contribution in [0.3, 0.4) is 0 Å². The fourth-order valence-electron chi connectivity index (χ4n) is 3.05. The van der Waals surface area contributed by atoms with Crippen LogP contribution < -0.4 is 14.8 Å². The molecule has 0 bridgehead atoms. The van der Waals surface area contributed by atoms with Gasteiger partial charge in [0, 0.05) is 10.5 Å². The van der Waals surface area contributed by atoms with Crippen molar-refractivity contribution < 1.29 is 14.3 Å². The lowest BCUT2D eigenvalue weighted by molar-refractivity contribution is -0.126. The number of ether oxygens (including phenoxy) is 2. The van der Waals surface area contributed by atoms with E-state index < -0.39 is 0 Å². The summed E-state index contributed by atoms with van der Waals surface area (Å²) in [6.07, 6.45) is 1.47. The number of carbonyl (C=O) groups excluding carboxylic acids is 1. The van der Waals surface area contributed by atoms with E-state index in [0.717, 1.165) is 28.0 Å². The number of fused-ring (bicyclic) bond motifs is 1. The quantitative estimate of drug-likeness (QED) is 0.826. The van der Waals surface area contributed by atoms with Gasteiger partial charge in [-0.25, -0.2) is 0 Å². The molecule has 1 aliphatic rings. The van der Waals surface area contributed by atoms with Crippen molar-refractivity contribution in [3.63, 3.8) is 0 Å². The monoisotopic (exact) mass is 403 g/mol. The highest BCUT2D eigenvalue weighted by atomic mass is 79.9. The van der Waals surface area contributed by atoms with E-state index in [4.69, 9.17) is 9.47 Å². The highest BCUT2D eigenvalue weighted by molar-refractivity contribution is 9.10. The first-order chi connectivity index (χ1) is 12.0. The van der Waals surface area contributed by atoms with Crippen LogP contribution in [0.25, 0.3) is 0 Å². The summed E-state index contributed by atoms with van der Waals surface area (Å²) >= 11 is 3.43. The zero-order valence-corrected chi connectivity index (χ0v) is 16.0. The van der Waals surface area contributed by atoms with Gasteiger partial charge in [0.15, 0.2) is 0 Å². The van der Waals surface area contributed by atoms with Gasteiger partial charge in [-0.15, -0.1) is 0 Å². The predicted molar refractivity (Wildman–Crippen MR) is 101 cm³/mol. The first-order valence-electron chi connectivity index (χ1n) is 8.39. The van der Waals surface area contributed by atoms with Crippen LogP contribution in [-0.4, -0.2) is 25.7 Å². The van der Waals surface area contributed by atoms with Crippen molar-refractivity contribution >= 4 is 21.8 Å². The average Bonchev–Trinajstić information content (AvgIpc) is 2.62. The SMILES string of the molecule is COc1ccc2c(c1)CC(C(=O)NC(C)Cc1ccc(Br)cc1)CO2. The van der Waals surface area contributed by atoms with Crippen LogP contribution in [0.2, 0.25) is 0 Å². The molecule has 5 heteroatoms. The third kappa shape index (κ3) is 4.54. The second-order valence-electron chi connectivity index (χ2n) is 6.43. The molecule has 0 saturated heterocycles. The maximum atomic E-state index is 12.6. The smallest absolute Gasteiger partial charge is 0.227 e. The van der Waals surface area contributed by atoms with Gasteiger partial charge in [0.05, 0.1) is 13.0 Å². The molecule has 4 nitrogen and oxygen atoms in total. The summed E-state index contributed by atoms with van der Waals surface area (Å²) in [5.41, 5.74) is 2.22. The van der Waals surface area contributed by atoms with Gasteiger partial charge in [0.2, 0.25) is 5.91 Å². The Hall–Kier alpha value is -2.01. The molecule has 0 spiro atoms. The number of rotatable bonds is 5. The van der Waals surface area contributed by atoms with E-state index in [1.54, 1.807) is 7.11 Å². The molecule has 25 heavy (non-hydrogen) atoms. The van der Waals surface area contributed by atoms with E-state index in [1.807, 2.05) is 37.3 Å². The van der Waals surface area contributed by atoms with E-state index in [2.05, 4.69) is 33.4 Å². The van der Waals surface area contributed by atoms with Crippen LogP contribution in [0.4, 0.5) is 0 Å². The Morgan fingerprint density at radius 3 is 2.80 bits per heavy atom. The van der Waals surface area contributed by atoms with E-state index in [1.165, 1.54) is 5.56 Å². The standard InChI is InChI=1S/C20H22BrNO3/c1-13(9-14-3-5-17(21)6-4-14)22-20(23)16-10-15-11-18(24-2)7-8-19(15)25-12-16/h3-8,11,13,16H,9-10,12H2,1-2H3,(H,22,23). The Kier molecular flexibility index (Phi) is 5.63. The molecule has 1 aliphatic heterocycles. The van der Waals surface area contributed by atoms with Gasteiger partial charge < -0.3 is 14.8 Å². The zero-order chi connectivity index (χ0) is 17.8. The number of amides is 1. The zero-order valence-electron chi connectivity index (χ0n) is 14.4. The van der Waals surface area contributed by atoms with Gasteiger partial charge >= 0.3 is 0 Å². The normalized spacial score (nSPS) is 17.2. The largest absolute Gasteiger partial charge is 0.497 e. The number of hydrogen-bond acceptors (Lipinski definition) is 3. The van der Waals surface area contributed by atoms with E-state index >= 15 is 0 Å². The number of halogens is 1. The van der Waals surface area contributed by atoms with Crippen molar-refractivity contribution in [2.45, 2.75) is 25.8 Å². The van der Waals surface area contributed by atoms with Gasteiger partial charge in [0.25, 0.3) is 0 Å². The lowest BCUT2D eigenvalue weighted by atomic mass is 9.95. The maximum Gasteiger partial charge on any atom is 0.227 e. The average molecular weight is 404 g/mol. The third-order valence-corrected chi connectivity index (χ3v) is 4.92. The van der Waals surface area contributed by atoms with Gasteiger partial charge in [0.1, 0.15) is 18.1 Å². The van der Waals surface area contributed by atoms with Gasteiger partial charge in [-0.2, -0.15) is 0 Å². The molecular weight excluding hydrogens is 382 g/mol. The van der Waals surface area contributed by atoms with E-state index in [0.29, 0.717) is 13.0 Å². The lowest BCUT2D eigenvalue weighted by Crippen LogP contribution is -2.42. The van der Waals surface area contributed by atoms with Crippen LogP contribution in [0, 0.1) is 5.92 Å². The van der Waals surface area contributed by atoms with Crippen molar-refractivity contribution in [3.05, 3.63) is 58.1 Å². The van der Waals surface area contributed by atoms with Crippen molar-refractivity contribution in [2.24, 2.45) is 5.92 Å². The molecule has 3 rings (SSSR count). The summed E-state index contributed by atoms with van der Waals surface area (Å²) in [7, 11) is 1.64. The first-order valence-corrected chi connectivity index (χ1v) is 9.19. The molecule has 1 amide bonds. The second-order valence-corrected chi connectivity index (χ2v) is 7.34.